The van der Waals surface area contributed by atoms with Crippen molar-refractivity contribution >= 4 is 0 Å². The lowest BCUT2D eigenvalue weighted by Crippen LogP contribution is -2.41. The van der Waals surface area contributed by atoms with E-state index in [0.29, 0.717) is 6.04 Å². The third-order valence-electron chi connectivity index (χ3n) is 3.87. The van der Waals surface area contributed by atoms with E-state index in [9.17, 15) is 0 Å². The zero-order valence-electron chi connectivity index (χ0n) is 11.8. The maximum absolute atomic E-state index is 6.02. The number of aryl methyl sites for hydroxylation is 1. The molecule has 1 aliphatic rings. The molecule has 2 heteroatoms. The van der Waals surface area contributed by atoms with Crippen molar-refractivity contribution in [2.24, 2.45) is 0 Å². The molecule has 1 N–H and O–H groups in total. The molecule has 2 atom stereocenters. The van der Waals surface area contributed by atoms with Crippen molar-refractivity contribution in [2.75, 3.05) is 13.2 Å². The number of rotatable bonds is 5. The van der Waals surface area contributed by atoms with Crippen LogP contribution in [0.15, 0.2) is 24.3 Å². The Morgan fingerprint density at radius 1 is 1.33 bits per heavy atom. The quantitative estimate of drug-likeness (QED) is 0.858. The number of ether oxygens (including phenoxy) is 1. The molecule has 0 spiro atoms. The SMILES string of the molecule is CCCNC(c1ccc(C)cc1)C1(C)CCCO1. The van der Waals surface area contributed by atoms with Gasteiger partial charge in [-0.05, 0) is 45.2 Å². The standard InChI is InChI=1S/C16H25NO/c1-4-11-17-15(16(3)10-5-12-18-16)14-8-6-13(2)7-9-14/h6-9,15,17H,4-5,10-12H2,1-3H3. The van der Waals surface area contributed by atoms with Crippen molar-refractivity contribution in [2.45, 2.75) is 51.7 Å². The molecule has 2 nitrogen and oxygen atoms in total. The number of hydrogen-bond acceptors (Lipinski definition) is 2. The summed E-state index contributed by atoms with van der Waals surface area (Å²) in [6.45, 7) is 8.51. The highest BCUT2D eigenvalue weighted by Gasteiger charge is 2.38. The zero-order chi connectivity index (χ0) is 13.0. The third-order valence-corrected chi connectivity index (χ3v) is 3.87. The average Bonchev–Trinajstić information content (AvgIpc) is 2.80. The fourth-order valence-electron chi connectivity index (χ4n) is 2.76. The summed E-state index contributed by atoms with van der Waals surface area (Å²) < 4.78 is 6.02. The van der Waals surface area contributed by atoms with E-state index in [2.05, 4.69) is 50.4 Å². The van der Waals surface area contributed by atoms with Gasteiger partial charge >= 0.3 is 0 Å². The molecule has 0 saturated carbocycles. The molecule has 0 aromatic heterocycles. The Hall–Kier alpha value is -0.860. The first kappa shape index (κ1) is 13.6. The Bertz CT molecular complexity index is 365. The Balaban J connectivity index is 2.21. The van der Waals surface area contributed by atoms with Crippen LogP contribution in [-0.2, 0) is 4.74 Å². The fourth-order valence-corrected chi connectivity index (χ4v) is 2.76. The van der Waals surface area contributed by atoms with Gasteiger partial charge in [-0.1, -0.05) is 36.8 Å². The van der Waals surface area contributed by atoms with Crippen LogP contribution < -0.4 is 5.32 Å². The maximum Gasteiger partial charge on any atom is 0.0849 e. The van der Waals surface area contributed by atoms with Crippen molar-refractivity contribution in [3.05, 3.63) is 35.4 Å². The van der Waals surface area contributed by atoms with Crippen molar-refractivity contribution < 1.29 is 4.74 Å². The molecule has 18 heavy (non-hydrogen) atoms. The minimum absolute atomic E-state index is 0.0512. The third kappa shape index (κ3) is 2.93. The molecule has 0 amide bonds. The van der Waals surface area contributed by atoms with Gasteiger partial charge in [0.05, 0.1) is 11.6 Å². The van der Waals surface area contributed by atoms with Crippen molar-refractivity contribution in [1.82, 2.24) is 5.32 Å². The summed E-state index contributed by atoms with van der Waals surface area (Å²) in [6.07, 6.45) is 3.47. The summed E-state index contributed by atoms with van der Waals surface area (Å²) in [5.74, 6) is 0. The highest BCUT2D eigenvalue weighted by molar-refractivity contribution is 5.26. The van der Waals surface area contributed by atoms with Crippen molar-refractivity contribution in [3.8, 4) is 0 Å². The molecule has 100 valence electrons. The van der Waals surface area contributed by atoms with Gasteiger partial charge in [-0.2, -0.15) is 0 Å². The van der Waals surface area contributed by atoms with Crippen LogP contribution in [-0.4, -0.2) is 18.8 Å². The predicted molar refractivity (Wildman–Crippen MR) is 75.8 cm³/mol. The lowest BCUT2D eigenvalue weighted by Gasteiger charge is -2.34. The minimum atomic E-state index is -0.0512. The smallest absolute Gasteiger partial charge is 0.0849 e. The summed E-state index contributed by atoms with van der Waals surface area (Å²) >= 11 is 0. The minimum Gasteiger partial charge on any atom is -0.373 e. The predicted octanol–water partition coefficient (Wildman–Crippen LogP) is 3.60. The first-order chi connectivity index (χ1) is 8.65. The second kappa shape index (κ2) is 5.85. The van der Waals surface area contributed by atoms with Gasteiger partial charge in [-0.15, -0.1) is 0 Å². The first-order valence-electron chi connectivity index (χ1n) is 7.09. The maximum atomic E-state index is 6.02. The second-order valence-corrected chi connectivity index (χ2v) is 5.56. The Kier molecular flexibility index (Phi) is 4.41. The lowest BCUT2D eigenvalue weighted by molar-refractivity contribution is -0.0124. The molecule has 0 radical (unpaired) electrons. The molecular formula is C16H25NO. The van der Waals surface area contributed by atoms with E-state index in [4.69, 9.17) is 4.74 Å². The molecule has 2 unspecified atom stereocenters. The largest absolute Gasteiger partial charge is 0.373 e. The van der Waals surface area contributed by atoms with Gasteiger partial charge in [0.1, 0.15) is 0 Å². The summed E-state index contributed by atoms with van der Waals surface area (Å²) in [7, 11) is 0. The van der Waals surface area contributed by atoms with Gasteiger partial charge in [0, 0.05) is 6.61 Å². The van der Waals surface area contributed by atoms with Crippen LogP contribution in [0.1, 0.15) is 50.3 Å². The molecule has 0 aliphatic carbocycles. The number of benzene rings is 1. The van der Waals surface area contributed by atoms with Crippen LogP contribution in [0.4, 0.5) is 0 Å². The summed E-state index contributed by atoms with van der Waals surface area (Å²) in [4.78, 5) is 0. The van der Waals surface area contributed by atoms with Crippen molar-refractivity contribution in [1.29, 1.82) is 0 Å². The zero-order valence-corrected chi connectivity index (χ0v) is 11.8. The molecule has 1 aliphatic heterocycles. The van der Waals surface area contributed by atoms with Gasteiger partial charge in [-0.3, -0.25) is 0 Å². The van der Waals surface area contributed by atoms with E-state index < -0.39 is 0 Å². The number of nitrogens with one attached hydrogen (secondary N) is 1. The van der Waals surface area contributed by atoms with E-state index in [1.807, 2.05) is 0 Å². The first-order valence-corrected chi connectivity index (χ1v) is 7.09. The van der Waals surface area contributed by atoms with Gasteiger partial charge in [0.15, 0.2) is 0 Å². The molecule has 1 aromatic carbocycles. The second-order valence-electron chi connectivity index (χ2n) is 5.56. The molecule has 1 aromatic rings. The van der Waals surface area contributed by atoms with Gasteiger partial charge in [-0.25, -0.2) is 0 Å². The van der Waals surface area contributed by atoms with Gasteiger partial charge < -0.3 is 10.1 Å². The van der Waals surface area contributed by atoms with Gasteiger partial charge in [0.25, 0.3) is 0 Å². The summed E-state index contributed by atoms with van der Waals surface area (Å²) in [6, 6.07) is 9.15. The molecule has 1 heterocycles. The Morgan fingerprint density at radius 3 is 2.61 bits per heavy atom. The van der Waals surface area contributed by atoms with E-state index >= 15 is 0 Å². The van der Waals surface area contributed by atoms with Crippen LogP contribution in [0, 0.1) is 6.92 Å². The van der Waals surface area contributed by atoms with Crippen LogP contribution >= 0.6 is 0 Å². The Morgan fingerprint density at radius 2 is 2.06 bits per heavy atom. The molecule has 1 fully saturated rings. The lowest BCUT2D eigenvalue weighted by atomic mass is 9.87. The Labute approximate surface area is 111 Å². The fraction of sp³-hybridized carbons (Fsp3) is 0.625. The highest BCUT2D eigenvalue weighted by atomic mass is 16.5. The average molecular weight is 247 g/mol. The summed E-state index contributed by atoms with van der Waals surface area (Å²) in [5, 5.41) is 3.66. The number of hydrogen-bond donors (Lipinski definition) is 1. The van der Waals surface area contributed by atoms with Crippen LogP contribution in [0.2, 0.25) is 0 Å². The van der Waals surface area contributed by atoms with Crippen LogP contribution in [0.5, 0.6) is 0 Å². The van der Waals surface area contributed by atoms with Crippen LogP contribution in [0.25, 0.3) is 0 Å². The molecule has 2 rings (SSSR count). The van der Waals surface area contributed by atoms with Crippen LogP contribution in [0.3, 0.4) is 0 Å². The van der Waals surface area contributed by atoms with Gasteiger partial charge in [0.2, 0.25) is 0 Å². The molecular weight excluding hydrogens is 222 g/mol. The monoisotopic (exact) mass is 247 g/mol. The summed E-state index contributed by atoms with van der Waals surface area (Å²) in [5.41, 5.74) is 2.61. The van der Waals surface area contributed by atoms with E-state index in [1.165, 1.54) is 17.5 Å². The normalized spacial score (nSPS) is 25.3. The van der Waals surface area contributed by atoms with Crippen molar-refractivity contribution in [3.63, 3.8) is 0 Å². The highest BCUT2D eigenvalue weighted by Crippen LogP contribution is 2.37. The molecule has 1 saturated heterocycles. The van der Waals surface area contributed by atoms with E-state index in [1.54, 1.807) is 0 Å². The molecule has 0 bridgehead atoms. The van der Waals surface area contributed by atoms with E-state index in [0.717, 1.165) is 26.0 Å². The topological polar surface area (TPSA) is 21.3 Å². The van der Waals surface area contributed by atoms with E-state index in [-0.39, 0.29) is 5.60 Å².